The lowest BCUT2D eigenvalue weighted by Crippen LogP contribution is -2.41. The van der Waals surface area contributed by atoms with Crippen LogP contribution in [0.15, 0.2) is 11.5 Å². The van der Waals surface area contributed by atoms with Crippen molar-refractivity contribution in [1.29, 1.82) is 10.5 Å². The summed E-state index contributed by atoms with van der Waals surface area (Å²) in [6.07, 6.45) is 1.15. The summed E-state index contributed by atoms with van der Waals surface area (Å²) >= 11 is 0. The highest BCUT2D eigenvalue weighted by Crippen LogP contribution is 2.38. The van der Waals surface area contributed by atoms with Crippen molar-refractivity contribution in [3.05, 3.63) is 11.5 Å². The van der Waals surface area contributed by atoms with Crippen LogP contribution in [0.5, 0.6) is 0 Å². The molecule has 1 saturated heterocycles. The van der Waals surface area contributed by atoms with Crippen LogP contribution in [-0.2, 0) is 9.31 Å². The van der Waals surface area contributed by atoms with Gasteiger partial charge in [-0.1, -0.05) is 0 Å². The Labute approximate surface area is 90.2 Å². The first-order chi connectivity index (χ1) is 6.84. The van der Waals surface area contributed by atoms with Gasteiger partial charge in [0.15, 0.2) is 0 Å². The molecule has 0 radical (unpaired) electrons. The summed E-state index contributed by atoms with van der Waals surface area (Å²) in [5, 5.41) is 17.3. The van der Waals surface area contributed by atoms with Crippen LogP contribution >= 0.6 is 0 Å². The minimum atomic E-state index is -0.736. The van der Waals surface area contributed by atoms with Gasteiger partial charge in [0.1, 0.15) is 0 Å². The van der Waals surface area contributed by atoms with Gasteiger partial charge in [-0.3, -0.25) is 0 Å². The van der Waals surface area contributed by atoms with Gasteiger partial charge in [0.25, 0.3) is 0 Å². The van der Waals surface area contributed by atoms with Crippen molar-refractivity contribution >= 4 is 7.12 Å². The molecule has 15 heavy (non-hydrogen) atoms. The Hall–Kier alpha value is -1.30. The van der Waals surface area contributed by atoms with Gasteiger partial charge < -0.3 is 9.31 Å². The van der Waals surface area contributed by atoms with E-state index in [9.17, 15) is 0 Å². The molecule has 0 bridgehead atoms. The second-order valence-corrected chi connectivity index (χ2v) is 4.43. The minimum absolute atomic E-state index is 0.205. The summed E-state index contributed by atoms with van der Waals surface area (Å²) in [6, 6.07) is 3.71. The van der Waals surface area contributed by atoms with E-state index >= 15 is 0 Å². The van der Waals surface area contributed by atoms with Crippen molar-refractivity contribution in [2.24, 2.45) is 0 Å². The number of rotatable bonds is 1. The molecule has 1 heterocycles. The summed E-state index contributed by atoms with van der Waals surface area (Å²) in [5.74, 6) is 0. The third-order valence-electron chi connectivity index (χ3n) is 2.86. The lowest BCUT2D eigenvalue weighted by atomic mass is 9.79. The van der Waals surface area contributed by atoms with Gasteiger partial charge >= 0.3 is 7.12 Å². The minimum Gasteiger partial charge on any atom is -0.399 e. The van der Waals surface area contributed by atoms with Crippen molar-refractivity contribution in [3.63, 3.8) is 0 Å². The van der Waals surface area contributed by atoms with Crippen LogP contribution in [0.1, 0.15) is 27.7 Å². The third-order valence-corrected chi connectivity index (χ3v) is 2.86. The molecular formula is C10H13BN2O2. The number of allylic oxidation sites excluding steroid dienone is 2. The van der Waals surface area contributed by atoms with Gasteiger partial charge in [0.05, 0.1) is 28.8 Å². The summed E-state index contributed by atoms with van der Waals surface area (Å²) in [5.41, 5.74) is -0.761. The summed E-state index contributed by atoms with van der Waals surface area (Å²) in [7, 11) is -0.736. The Morgan fingerprint density at radius 1 is 1.13 bits per heavy atom. The zero-order valence-electron chi connectivity index (χ0n) is 9.37. The standard InChI is InChI=1S/C10H13BN2O2/c1-9(2)10(3,4)15-11(14-9)8(7-13)5-6-12/h5H,1-4H3. The lowest BCUT2D eigenvalue weighted by Gasteiger charge is -2.32. The molecule has 1 aliphatic rings. The first-order valence-electron chi connectivity index (χ1n) is 4.69. The molecule has 1 rings (SSSR count). The number of hydrogen-bond acceptors (Lipinski definition) is 4. The van der Waals surface area contributed by atoms with E-state index in [4.69, 9.17) is 19.8 Å². The highest BCUT2D eigenvalue weighted by atomic mass is 16.7. The molecule has 0 aromatic rings. The van der Waals surface area contributed by atoms with Gasteiger partial charge in [0.2, 0.25) is 0 Å². The van der Waals surface area contributed by atoms with E-state index in [1.54, 1.807) is 6.07 Å². The fourth-order valence-electron chi connectivity index (χ4n) is 1.19. The number of nitriles is 2. The van der Waals surface area contributed by atoms with Gasteiger partial charge in [0, 0.05) is 6.08 Å². The molecule has 0 aromatic carbocycles. The molecule has 5 heteroatoms. The van der Waals surface area contributed by atoms with Gasteiger partial charge in [-0.25, -0.2) is 0 Å². The highest BCUT2D eigenvalue weighted by Gasteiger charge is 2.52. The SMILES string of the molecule is CC1(C)OB(C(C#N)=CC#N)OC1(C)C. The first kappa shape index (κ1) is 11.8. The lowest BCUT2D eigenvalue weighted by molar-refractivity contribution is 0.00578. The molecule has 0 N–H and O–H groups in total. The molecule has 0 aromatic heterocycles. The normalized spacial score (nSPS) is 23.3. The Morgan fingerprint density at radius 2 is 1.60 bits per heavy atom. The van der Waals surface area contributed by atoms with E-state index in [-0.39, 0.29) is 5.47 Å². The van der Waals surface area contributed by atoms with Crippen LogP contribution in [0.3, 0.4) is 0 Å². The van der Waals surface area contributed by atoms with Crippen LogP contribution in [-0.4, -0.2) is 18.3 Å². The van der Waals surface area contributed by atoms with E-state index in [1.165, 1.54) is 0 Å². The molecule has 1 aliphatic heterocycles. The summed E-state index contributed by atoms with van der Waals surface area (Å²) < 4.78 is 11.2. The molecular weight excluding hydrogens is 191 g/mol. The molecule has 0 saturated carbocycles. The highest BCUT2D eigenvalue weighted by molar-refractivity contribution is 6.56. The second-order valence-electron chi connectivity index (χ2n) is 4.43. The molecule has 0 unspecified atom stereocenters. The maximum absolute atomic E-state index is 8.83. The van der Waals surface area contributed by atoms with Crippen LogP contribution in [0.2, 0.25) is 0 Å². The largest absolute Gasteiger partial charge is 0.506 e. The second kappa shape index (κ2) is 3.69. The van der Waals surface area contributed by atoms with Crippen molar-refractivity contribution in [2.75, 3.05) is 0 Å². The maximum Gasteiger partial charge on any atom is 0.506 e. The van der Waals surface area contributed by atoms with Crippen molar-refractivity contribution < 1.29 is 9.31 Å². The third kappa shape index (κ3) is 2.04. The van der Waals surface area contributed by atoms with Crippen molar-refractivity contribution in [1.82, 2.24) is 0 Å². The average Bonchev–Trinajstić information content (AvgIpc) is 2.32. The monoisotopic (exact) mass is 204 g/mol. The smallest absolute Gasteiger partial charge is 0.399 e. The van der Waals surface area contributed by atoms with E-state index in [2.05, 4.69) is 0 Å². The zero-order valence-corrected chi connectivity index (χ0v) is 9.37. The fraction of sp³-hybridized carbons (Fsp3) is 0.600. The van der Waals surface area contributed by atoms with E-state index in [0.717, 1.165) is 6.08 Å². The first-order valence-corrected chi connectivity index (χ1v) is 4.69. The Kier molecular flexibility index (Phi) is 2.90. The molecule has 0 spiro atoms. The van der Waals surface area contributed by atoms with Crippen molar-refractivity contribution in [2.45, 2.75) is 38.9 Å². The molecule has 4 nitrogen and oxygen atoms in total. The predicted octanol–water partition coefficient (Wildman–Crippen LogP) is 1.59. The van der Waals surface area contributed by atoms with Crippen molar-refractivity contribution in [3.8, 4) is 12.1 Å². The number of hydrogen-bond donors (Lipinski definition) is 0. The molecule has 78 valence electrons. The Balaban J connectivity index is 2.94. The van der Waals surface area contributed by atoms with E-state index < -0.39 is 18.3 Å². The quantitative estimate of drug-likeness (QED) is 0.480. The summed E-state index contributed by atoms with van der Waals surface area (Å²) in [6.45, 7) is 7.59. The maximum atomic E-state index is 8.83. The molecule has 0 atom stereocenters. The van der Waals surface area contributed by atoms with Gasteiger partial charge in [-0.05, 0) is 27.7 Å². The van der Waals surface area contributed by atoms with Gasteiger partial charge in [-0.2, -0.15) is 10.5 Å². The fourth-order valence-corrected chi connectivity index (χ4v) is 1.19. The molecule has 0 amide bonds. The zero-order chi connectivity index (χ0) is 11.7. The Bertz CT molecular complexity index is 358. The van der Waals surface area contributed by atoms with Crippen LogP contribution < -0.4 is 0 Å². The van der Waals surface area contributed by atoms with Crippen LogP contribution in [0, 0.1) is 22.7 Å². The van der Waals surface area contributed by atoms with Crippen LogP contribution in [0.4, 0.5) is 0 Å². The predicted molar refractivity (Wildman–Crippen MR) is 55.4 cm³/mol. The van der Waals surface area contributed by atoms with E-state index in [1.807, 2.05) is 33.8 Å². The van der Waals surface area contributed by atoms with Crippen LogP contribution in [0.25, 0.3) is 0 Å². The van der Waals surface area contributed by atoms with E-state index in [0.29, 0.717) is 0 Å². The average molecular weight is 204 g/mol. The van der Waals surface area contributed by atoms with Gasteiger partial charge in [-0.15, -0.1) is 0 Å². The Morgan fingerprint density at radius 3 is 1.93 bits per heavy atom. The molecule has 0 aliphatic carbocycles. The summed E-state index contributed by atoms with van der Waals surface area (Å²) in [4.78, 5) is 0. The topological polar surface area (TPSA) is 66.0 Å². The number of nitrogens with zero attached hydrogens (tertiary/aromatic N) is 2. The molecule has 1 fully saturated rings.